The molecule has 1 aliphatic carbocycles. The summed E-state index contributed by atoms with van der Waals surface area (Å²) >= 11 is 6.26. The lowest BCUT2D eigenvalue weighted by Crippen LogP contribution is -2.54. The Balaban J connectivity index is 1.55. The van der Waals surface area contributed by atoms with E-state index in [0.717, 1.165) is 25.8 Å². The molecule has 0 aromatic heterocycles. The van der Waals surface area contributed by atoms with E-state index < -0.39 is 0 Å². The van der Waals surface area contributed by atoms with Crippen molar-refractivity contribution in [2.24, 2.45) is 0 Å². The second kappa shape index (κ2) is 9.11. The maximum Gasteiger partial charge on any atom is 0.241 e. The van der Waals surface area contributed by atoms with Crippen molar-refractivity contribution in [1.82, 2.24) is 4.90 Å². The third-order valence-corrected chi connectivity index (χ3v) is 6.53. The van der Waals surface area contributed by atoms with Crippen molar-refractivity contribution in [1.29, 1.82) is 0 Å². The smallest absolute Gasteiger partial charge is 0.241 e. The maximum absolute atomic E-state index is 13.2. The van der Waals surface area contributed by atoms with E-state index >= 15 is 0 Å². The second-order valence-electron chi connectivity index (χ2n) is 7.90. The van der Waals surface area contributed by atoms with Crippen LogP contribution in [0.15, 0.2) is 54.6 Å². The second-order valence-corrected chi connectivity index (χ2v) is 8.31. The molecule has 4 heteroatoms. The minimum Gasteiger partial charge on any atom is -0.323 e. The van der Waals surface area contributed by atoms with Gasteiger partial charge < -0.3 is 5.32 Å². The SMILES string of the molecule is O=C(Nc1ccccc1Cl)C1C[CH]CCN1[C@@H]1CCCC[C@@H]1c1ccccc1. The van der Waals surface area contributed by atoms with Crippen molar-refractivity contribution >= 4 is 23.2 Å². The molecule has 0 bridgehead atoms. The number of hydrogen-bond donors (Lipinski definition) is 1. The van der Waals surface area contributed by atoms with Crippen LogP contribution in [0.5, 0.6) is 0 Å². The lowest BCUT2D eigenvalue weighted by Gasteiger charge is -2.45. The summed E-state index contributed by atoms with van der Waals surface area (Å²) in [4.78, 5) is 15.7. The Kier molecular flexibility index (Phi) is 6.33. The van der Waals surface area contributed by atoms with Crippen LogP contribution in [-0.4, -0.2) is 29.4 Å². The highest BCUT2D eigenvalue weighted by Gasteiger charge is 2.38. The molecular formula is C24H28ClN2O. The first-order chi connectivity index (χ1) is 13.7. The molecule has 1 saturated carbocycles. The highest BCUT2D eigenvalue weighted by Crippen LogP contribution is 2.38. The Labute approximate surface area is 173 Å². The number of hydrogen-bond acceptors (Lipinski definition) is 2. The molecular weight excluding hydrogens is 368 g/mol. The monoisotopic (exact) mass is 395 g/mol. The Hall–Kier alpha value is -1.84. The molecule has 1 amide bonds. The Morgan fingerprint density at radius 3 is 2.57 bits per heavy atom. The van der Waals surface area contributed by atoms with E-state index in [0.29, 0.717) is 22.7 Å². The molecule has 0 spiro atoms. The normalized spacial score (nSPS) is 26.0. The van der Waals surface area contributed by atoms with Crippen LogP contribution in [0.25, 0.3) is 0 Å². The minimum atomic E-state index is -0.126. The number of para-hydroxylation sites is 1. The zero-order valence-corrected chi connectivity index (χ0v) is 16.9. The first kappa shape index (κ1) is 19.5. The van der Waals surface area contributed by atoms with Gasteiger partial charge in [-0.3, -0.25) is 9.69 Å². The number of rotatable bonds is 4. The standard InChI is InChI=1S/C24H28ClN2O/c25-20-13-5-6-14-21(20)26-24(28)23-16-8-9-17-27(23)22-15-7-4-12-19(22)18-10-2-1-3-11-18/h1-3,5-6,8,10-11,13-14,19,22-23H,4,7,9,12,15-17H2,(H,26,28)/t19-,22-,23?/m1/s1. The van der Waals surface area contributed by atoms with Gasteiger partial charge in [0, 0.05) is 6.04 Å². The molecule has 1 aliphatic heterocycles. The van der Waals surface area contributed by atoms with Gasteiger partial charge in [-0.05, 0) is 62.3 Å². The summed E-state index contributed by atoms with van der Waals surface area (Å²) in [5, 5.41) is 3.66. The molecule has 147 valence electrons. The zero-order valence-electron chi connectivity index (χ0n) is 16.2. The fourth-order valence-electron chi connectivity index (χ4n) is 4.84. The molecule has 1 heterocycles. The molecule has 3 nitrogen and oxygen atoms in total. The van der Waals surface area contributed by atoms with E-state index in [-0.39, 0.29) is 11.9 Å². The van der Waals surface area contributed by atoms with E-state index in [2.05, 4.69) is 47.0 Å². The van der Waals surface area contributed by atoms with Crippen LogP contribution < -0.4 is 5.32 Å². The molecule has 2 fully saturated rings. The number of anilines is 1. The van der Waals surface area contributed by atoms with E-state index in [1.54, 1.807) is 0 Å². The van der Waals surface area contributed by atoms with Gasteiger partial charge in [-0.2, -0.15) is 0 Å². The Morgan fingerprint density at radius 2 is 1.75 bits per heavy atom. The zero-order chi connectivity index (χ0) is 19.3. The van der Waals surface area contributed by atoms with Crippen LogP contribution in [0, 0.1) is 6.42 Å². The van der Waals surface area contributed by atoms with Crippen molar-refractivity contribution in [2.45, 2.75) is 56.5 Å². The van der Waals surface area contributed by atoms with Crippen LogP contribution in [0.1, 0.15) is 50.0 Å². The number of amides is 1. The van der Waals surface area contributed by atoms with Crippen LogP contribution in [0.3, 0.4) is 0 Å². The number of nitrogens with zero attached hydrogens (tertiary/aromatic N) is 1. The van der Waals surface area contributed by atoms with E-state index in [4.69, 9.17) is 11.6 Å². The van der Waals surface area contributed by atoms with Gasteiger partial charge in [-0.1, -0.05) is 66.9 Å². The average molecular weight is 396 g/mol. The lowest BCUT2D eigenvalue weighted by molar-refractivity contribution is -0.123. The number of carbonyl (C=O) groups is 1. The molecule has 1 saturated heterocycles. The van der Waals surface area contributed by atoms with Crippen LogP contribution in [-0.2, 0) is 4.79 Å². The van der Waals surface area contributed by atoms with Crippen LogP contribution in [0.2, 0.25) is 5.02 Å². The molecule has 1 radical (unpaired) electrons. The summed E-state index contributed by atoms with van der Waals surface area (Å²) in [5.74, 6) is 0.560. The van der Waals surface area contributed by atoms with E-state index in [9.17, 15) is 4.79 Å². The van der Waals surface area contributed by atoms with Gasteiger partial charge in [0.25, 0.3) is 0 Å². The number of nitrogens with one attached hydrogen (secondary N) is 1. The number of halogens is 1. The predicted molar refractivity (Wildman–Crippen MR) is 116 cm³/mol. The molecule has 3 atom stereocenters. The van der Waals surface area contributed by atoms with Crippen molar-refractivity contribution in [3.05, 3.63) is 71.6 Å². The maximum atomic E-state index is 13.2. The molecule has 2 aliphatic rings. The Bertz CT molecular complexity index is 794. The number of benzene rings is 2. The summed E-state index contributed by atoms with van der Waals surface area (Å²) in [7, 11) is 0. The van der Waals surface area contributed by atoms with Gasteiger partial charge in [0.2, 0.25) is 5.91 Å². The topological polar surface area (TPSA) is 32.3 Å². The molecule has 1 N–H and O–H groups in total. The van der Waals surface area contributed by atoms with E-state index in [1.807, 2.05) is 24.3 Å². The van der Waals surface area contributed by atoms with Gasteiger partial charge in [0.05, 0.1) is 16.8 Å². The van der Waals surface area contributed by atoms with Crippen molar-refractivity contribution in [2.75, 3.05) is 11.9 Å². The Morgan fingerprint density at radius 1 is 1.00 bits per heavy atom. The summed E-state index contributed by atoms with van der Waals surface area (Å²) in [6.07, 6.45) is 8.98. The minimum absolute atomic E-state index is 0.0569. The highest BCUT2D eigenvalue weighted by atomic mass is 35.5. The van der Waals surface area contributed by atoms with E-state index in [1.165, 1.54) is 24.8 Å². The van der Waals surface area contributed by atoms with Gasteiger partial charge in [-0.15, -0.1) is 0 Å². The number of likely N-dealkylation sites (tertiary alicyclic amines) is 1. The first-order valence-electron chi connectivity index (χ1n) is 10.4. The fourth-order valence-corrected chi connectivity index (χ4v) is 5.02. The highest BCUT2D eigenvalue weighted by molar-refractivity contribution is 6.33. The molecule has 4 rings (SSSR count). The van der Waals surface area contributed by atoms with Gasteiger partial charge >= 0.3 is 0 Å². The predicted octanol–water partition coefficient (Wildman–Crippen LogP) is 5.67. The molecule has 2 aromatic rings. The molecule has 2 aromatic carbocycles. The third-order valence-electron chi connectivity index (χ3n) is 6.20. The van der Waals surface area contributed by atoms with Gasteiger partial charge in [0.1, 0.15) is 0 Å². The fraction of sp³-hybridized carbons (Fsp3) is 0.417. The summed E-state index contributed by atoms with van der Waals surface area (Å²) < 4.78 is 0. The summed E-state index contributed by atoms with van der Waals surface area (Å²) in [6.45, 7) is 0.953. The largest absolute Gasteiger partial charge is 0.323 e. The van der Waals surface area contributed by atoms with Crippen LogP contribution >= 0.6 is 11.6 Å². The van der Waals surface area contributed by atoms with Gasteiger partial charge in [0.15, 0.2) is 0 Å². The molecule has 28 heavy (non-hydrogen) atoms. The number of carbonyl (C=O) groups excluding carboxylic acids is 1. The van der Waals surface area contributed by atoms with Crippen molar-refractivity contribution < 1.29 is 4.79 Å². The first-order valence-corrected chi connectivity index (χ1v) is 10.8. The molecule has 1 unspecified atom stereocenters. The van der Waals surface area contributed by atoms with Crippen LogP contribution in [0.4, 0.5) is 5.69 Å². The van der Waals surface area contributed by atoms with Gasteiger partial charge in [-0.25, -0.2) is 0 Å². The quantitative estimate of drug-likeness (QED) is 0.722. The number of piperidine rings is 1. The van der Waals surface area contributed by atoms with Crippen molar-refractivity contribution in [3.8, 4) is 0 Å². The third kappa shape index (κ3) is 4.26. The lowest BCUT2D eigenvalue weighted by atomic mass is 9.78. The summed E-state index contributed by atoms with van der Waals surface area (Å²) in [5.41, 5.74) is 2.11. The average Bonchev–Trinajstić information content (AvgIpc) is 2.76. The van der Waals surface area contributed by atoms with Crippen molar-refractivity contribution in [3.63, 3.8) is 0 Å². The summed E-state index contributed by atoms with van der Waals surface area (Å²) in [6, 6.07) is 18.6.